The first-order valence-corrected chi connectivity index (χ1v) is 6.50. The summed E-state index contributed by atoms with van der Waals surface area (Å²) in [6.07, 6.45) is 3.33. The molecule has 0 unspecified atom stereocenters. The van der Waals surface area contributed by atoms with E-state index in [1.807, 2.05) is 0 Å². The van der Waals surface area contributed by atoms with Crippen LogP contribution in [0.3, 0.4) is 0 Å². The van der Waals surface area contributed by atoms with Crippen molar-refractivity contribution in [1.82, 2.24) is 0 Å². The molecule has 16 heavy (non-hydrogen) atoms. The largest absolute Gasteiger partial charge is 0.350 e. The molecule has 0 amide bonds. The normalized spacial score (nSPS) is 32.8. The molecule has 2 fully saturated rings. The van der Waals surface area contributed by atoms with E-state index in [-0.39, 0.29) is 5.79 Å². The second kappa shape index (κ2) is 3.71. The SMILES string of the molecule is CC1COC2(CC(C)(C)CC(C)(C)C2)OC1. The molecule has 0 N–H and O–H groups in total. The van der Waals surface area contributed by atoms with E-state index in [1.165, 1.54) is 6.42 Å². The van der Waals surface area contributed by atoms with Gasteiger partial charge in [-0.3, -0.25) is 0 Å². The van der Waals surface area contributed by atoms with Crippen molar-refractivity contribution >= 4 is 0 Å². The fourth-order valence-electron chi connectivity index (χ4n) is 3.82. The van der Waals surface area contributed by atoms with Crippen LogP contribution in [0.1, 0.15) is 53.9 Å². The van der Waals surface area contributed by atoms with E-state index < -0.39 is 0 Å². The van der Waals surface area contributed by atoms with Crippen LogP contribution in [0.25, 0.3) is 0 Å². The van der Waals surface area contributed by atoms with Crippen molar-refractivity contribution in [2.24, 2.45) is 16.7 Å². The molecular formula is C14H26O2. The average Bonchev–Trinajstić information content (AvgIpc) is 2.05. The van der Waals surface area contributed by atoms with Crippen LogP contribution < -0.4 is 0 Å². The van der Waals surface area contributed by atoms with Gasteiger partial charge in [0.2, 0.25) is 0 Å². The summed E-state index contributed by atoms with van der Waals surface area (Å²) in [5.74, 6) is 0.247. The van der Waals surface area contributed by atoms with Gasteiger partial charge >= 0.3 is 0 Å². The summed E-state index contributed by atoms with van der Waals surface area (Å²) in [7, 11) is 0. The van der Waals surface area contributed by atoms with Gasteiger partial charge < -0.3 is 9.47 Å². The lowest BCUT2D eigenvalue weighted by Crippen LogP contribution is -2.53. The fraction of sp³-hybridized carbons (Fsp3) is 1.00. The predicted octanol–water partition coefficient (Wildman–Crippen LogP) is 3.60. The summed E-state index contributed by atoms with van der Waals surface area (Å²) in [6, 6.07) is 0. The maximum atomic E-state index is 6.07. The highest BCUT2D eigenvalue weighted by molar-refractivity contribution is 4.95. The van der Waals surface area contributed by atoms with Crippen molar-refractivity contribution in [3.05, 3.63) is 0 Å². The van der Waals surface area contributed by atoms with Crippen LogP contribution >= 0.6 is 0 Å². The minimum absolute atomic E-state index is 0.294. The van der Waals surface area contributed by atoms with E-state index in [1.54, 1.807) is 0 Å². The first kappa shape index (κ1) is 12.4. The van der Waals surface area contributed by atoms with Gasteiger partial charge in [0.1, 0.15) is 0 Å². The van der Waals surface area contributed by atoms with Crippen molar-refractivity contribution in [3.63, 3.8) is 0 Å². The van der Waals surface area contributed by atoms with Crippen LogP contribution in [0.2, 0.25) is 0 Å². The Hall–Kier alpha value is -0.0800. The second-order valence-corrected chi connectivity index (χ2v) is 7.50. The maximum Gasteiger partial charge on any atom is 0.169 e. The minimum atomic E-state index is -0.294. The molecule has 94 valence electrons. The van der Waals surface area contributed by atoms with Crippen LogP contribution in [0.4, 0.5) is 0 Å². The van der Waals surface area contributed by atoms with Gasteiger partial charge in [-0.1, -0.05) is 34.6 Å². The van der Waals surface area contributed by atoms with Crippen LogP contribution in [0, 0.1) is 16.7 Å². The zero-order valence-electron chi connectivity index (χ0n) is 11.4. The van der Waals surface area contributed by atoms with Crippen molar-refractivity contribution in [1.29, 1.82) is 0 Å². The highest BCUT2D eigenvalue weighted by atomic mass is 16.7. The first-order chi connectivity index (χ1) is 7.22. The Morgan fingerprint density at radius 3 is 1.69 bits per heavy atom. The molecule has 1 saturated carbocycles. The molecule has 1 aliphatic carbocycles. The number of hydrogen-bond donors (Lipinski definition) is 0. The van der Waals surface area contributed by atoms with Crippen LogP contribution in [0.15, 0.2) is 0 Å². The molecule has 0 aromatic carbocycles. The van der Waals surface area contributed by atoms with E-state index in [2.05, 4.69) is 34.6 Å². The number of ether oxygens (including phenoxy) is 2. The van der Waals surface area contributed by atoms with Crippen molar-refractivity contribution in [2.75, 3.05) is 13.2 Å². The highest BCUT2D eigenvalue weighted by Crippen LogP contribution is 2.52. The van der Waals surface area contributed by atoms with E-state index in [0.717, 1.165) is 26.1 Å². The Bertz CT molecular complexity index is 242. The van der Waals surface area contributed by atoms with Crippen molar-refractivity contribution in [3.8, 4) is 0 Å². The Morgan fingerprint density at radius 1 is 0.812 bits per heavy atom. The molecular weight excluding hydrogens is 200 g/mol. The zero-order valence-corrected chi connectivity index (χ0v) is 11.4. The van der Waals surface area contributed by atoms with E-state index in [9.17, 15) is 0 Å². The zero-order chi connectivity index (χ0) is 12.0. The van der Waals surface area contributed by atoms with Gasteiger partial charge in [0, 0.05) is 18.8 Å². The Kier molecular flexibility index (Phi) is 2.87. The van der Waals surface area contributed by atoms with Gasteiger partial charge in [0.25, 0.3) is 0 Å². The lowest BCUT2D eigenvalue weighted by molar-refractivity contribution is -0.318. The topological polar surface area (TPSA) is 18.5 Å². The Labute approximate surface area is 99.7 Å². The standard InChI is InChI=1S/C14H26O2/c1-11-6-15-14(16-7-11)9-12(2,3)8-13(4,5)10-14/h11H,6-10H2,1-5H3. The summed E-state index contributed by atoms with van der Waals surface area (Å²) in [5, 5.41) is 0. The molecule has 2 aliphatic rings. The van der Waals surface area contributed by atoms with Gasteiger partial charge in [0.05, 0.1) is 13.2 Å². The predicted molar refractivity (Wildman–Crippen MR) is 65.2 cm³/mol. The Balaban J connectivity index is 2.15. The summed E-state index contributed by atoms with van der Waals surface area (Å²) in [5.41, 5.74) is 0.644. The van der Waals surface area contributed by atoms with Crippen LogP contribution in [-0.2, 0) is 9.47 Å². The average molecular weight is 226 g/mol. The molecule has 0 atom stereocenters. The van der Waals surface area contributed by atoms with Crippen LogP contribution in [-0.4, -0.2) is 19.0 Å². The smallest absolute Gasteiger partial charge is 0.169 e. The molecule has 2 heteroatoms. The number of hydrogen-bond acceptors (Lipinski definition) is 2. The van der Waals surface area contributed by atoms with Gasteiger partial charge in [-0.25, -0.2) is 0 Å². The van der Waals surface area contributed by atoms with Crippen molar-refractivity contribution < 1.29 is 9.47 Å². The molecule has 0 radical (unpaired) electrons. The molecule has 0 aromatic rings. The Morgan fingerprint density at radius 2 is 1.25 bits per heavy atom. The summed E-state index contributed by atoms with van der Waals surface area (Å²) >= 11 is 0. The minimum Gasteiger partial charge on any atom is -0.350 e. The van der Waals surface area contributed by atoms with Gasteiger partial charge in [-0.15, -0.1) is 0 Å². The maximum absolute atomic E-state index is 6.07. The van der Waals surface area contributed by atoms with E-state index in [4.69, 9.17) is 9.47 Å². The first-order valence-electron chi connectivity index (χ1n) is 6.50. The van der Waals surface area contributed by atoms with Gasteiger partial charge in [-0.2, -0.15) is 0 Å². The summed E-state index contributed by atoms with van der Waals surface area (Å²) in [6.45, 7) is 13.2. The lowest BCUT2D eigenvalue weighted by Gasteiger charge is -2.53. The second-order valence-electron chi connectivity index (χ2n) is 7.50. The lowest BCUT2D eigenvalue weighted by atomic mass is 9.63. The van der Waals surface area contributed by atoms with E-state index >= 15 is 0 Å². The molecule has 1 aliphatic heterocycles. The molecule has 2 nitrogen and oxygen atoms in total. The van der Waals surface area contributed by atoms with Gasteiger partial charge in [-0.05, 0) is 17.3 Å². The summed E-state index contributed by atoms with van der Waals surface area (Å²) in [4.78, 5) is 0. The van der Waals surface area contributed by atoms with Crippen LogP contribution in [0.5, 0.6) is 0 Å². The molecule has 2 rings (SSSR count). The number of rotatable bonds is 0. The third-order valence-corrected chi connectivity index (χ3v) is 3.71. The monoisotopic (exact) mass is 226 g/mol. The van der Waals surface area contributed by atoms with Crippen molar-refractivity contribution in [2.45, 2.75) is 59.7 Å². The molecule has 1 saturated heterocycles. The molecule has 1 heterocycles. The third-order valence-electron chi connectivity index (χ3n) is 3.71. The van der Waals surface area contributed by atoms with E-state index in [0.29, 0.717) is 16.7 Å². The van der Waals surface area contributed by atoms with Gasteiger partial charge in [0.15, 0.2) is 5.79 Å². The molecule has 0 bridgehead atoms. The quantitative estimate of drug-likeness (QED) is 0.628. The molecule has 0 aromatic heterocycles. The fourth-order valence-corrected chi connectivity index (χ4v) is 3.82. The third kappa shape index (κ3) is 2.60. The molecule has 1 spiro atoms. The summed E-state index contributed by atoms with van der Waals surface area (Å²) < 4.78 is 12.1. The highest BCUT2D eigenvalue weighted by Gasteiger charge is 2.50.